The molecule has 1 aromatic rings. The van der Waals surface area contributed by atoms with Crippen molar-refractivity contribution in [2.24, 2.45) is 5.10 Å². The lowest BCUT2D eigenvalue weighted by molar-refractivity contribution is -0.132. The molecule has 0 saturated carbocycles. The highest BCUT2D eigenvalue weighted by molar-refractivity contribution is 7.80. The molecule has 1 atom stereocenters. The van der Waals surface area contributed by atoms with Gasteiger partial charge in [0.15, 0.2) is 16.6 Å². The maximum atomic E-state index is 11.2. The molecule has 8 nitrogen and oxygen atoms in total. The molecule has 0 aliphatic heterocycles. The van der Waals surface area contributed by atoms with E-state index in [0.29, 0.717) is 28.8 Å². The highest BCUT2D eigenvalue weighted by Crippen LogP contribution is 2.38. The Labute approximate surface area is 152 Å². The zero-order chi connectivity index (χ0) is 18.8. The number of carbonyl (C=O) groups excluding carboxylic acids is 1. The largest absolute Gasteiger partial charge is 0.493 e. The molecule has 0 aliphatic carbocycles. The van der Waals surface area contributed by atoms with Crippen molar-refractivity contribution in [1.82, 2.24) is 10.7 Å². The predicted molar refractivity (Wildman–Crippen MR) is 98.7 cm³/mol. The summed E-state index contributed by atoms with van der Waals surface area (Å²) in [6, 6.07) is 3.38. The van der Waals surface area contributed by atoms with Gasteiger partial charge >= 0.3 is 5.97 Å². The minimum Gasteiger partial charge on any atom is -0.493 e. The number of nitrogens with one attached hydrogen (secondary N) is 2. The summed E-state index contributed by atoms with van der Waals surface area (Å²) in [5.41, 5.74) is 3.38. The highest BCUT2D eigenvalue weighted by atomic mass is 32.1. The summed E-state index contributed by atoms with van der Waals surface area (Å²) in [7, 11) is 4.56. The van der Waals surface area contributed by atoms with Crippen LogP contribution in [0.5, 0.6) is 17.2 Å². The molecule has 0 saturated heterocycles. The lowest BCUT2D eigenvalue weighted by atomic mass is 10.2. The van der Waals surface area contributed by atoms with Crippen LogP contribution in [0.3, 0.4) is 0 Å². The third-order valence-corrected chi connectivity index (χ3v) is 3.11. The summed E-state index contributed by atoms with van der Waals surface area (Å²) >= 11 is 5.13. The standard InChI is InChI=1S/C16H23N3O5S/c1-10(9-21-3)18-16(25)19-17-8-12-6-13(22-4)15(24-11(2)20)14(7-12)23-5/h6-8,10H,9H2,1-5H3,(H2,18,19,25)/b17-8-/t10-/m1/s1. The normalized spacial score (nSPS) is 11.7. The number of carbonyl (C=O) groups is 1. The van der Waals surface area contributed by atoms with E-state index in [1.54, 1.807) is 19.2 Å². The number of benzene rings is 1. The molecule has 25 heavy (non-hydrogen) atoms. The molecule has 0 bridgehead atoms. The maximum absolute atomic E-state index is 11.2. The van der Waals surface area contributed by atoms with Crippen LogP contribution in [0.4, 0.5) is 0 Å². The van der Waals surface area contributed by atoms with E-state index < -0.39 is 5.97 Å². The number of hydrogen-bond acceptors (Lipinski definition) is 7. The maximum Gasteiger partial charge on any atom is 0.308 e. The molecule has 138 valence electrons. The van der Waals surface area contributed by atoms with Gasteiger partial charge in [0.25, 0.3) is 0 Å². The van der Waals surface area contributed by atoms with E-state index in [1.165, 1.54) is 27.4 Å². The Balaban J connectivity index is 2.84. The fourth-order valence-corrected chi connectivity index (χ4v) is 2.19. The fraction of sp³-hybridized carbons (Fsp3) is 0.438. The van der Waals surface area contributed by atoms with Crippen LogP contribution in [0.15, 0.2) is 17.2 Å². The van der Waals surface area contributed by atoms with E-state index in [1.807, 2.05) is 6.92 Å². The summed E-state index contributed by atoms with van der Waals surface area (Å²) in [4.78, 5) is 11.2. The zero-order valence-electron chi connectivity index (χ0n) is 14.9. The Bertz CT molecular complexity index is 611. The number of esters is 1. The van der Waals surface area contributed by atoms with Crippen molar-refractivity contribution < 1.29 is 23.7 Å². The number of hydrogen-bond donors (Lipinski definition) is 2. The van der Waals surface area contributed by atoms with E-state index >= 15 is 0 Å². The second-order valence-corrected chi connectivity index (χ2v) is 5.46. The number of rotatable bonds is 8. The molecular formula is C16H23N3O5S. The zero-order valence-corrected chi connectivity index (χ0v) is 15.7. The molecule has 0 aromatic heterocycles. The summed E-state index contributed by atoms with van der Waals surface area (Å²) in [6.45, 7) is 3.76. The summed E-state index contributed by atoms with van der Waals surface area (Å²) in [5.74, 6) is 0.449. The Morgan fingerprint density at radius 1 is 1.28 bits per heavy atom. The third kappa shape index (κ3) is 6.94. The number of ether oxygens (including phenoxy) is 4. The van der Waals surface area contributed by atoms with Crippen LogP contribution in [0, 0.1) is 0 Å². The monoisotopic (exact) mass is 369 g/mol. The second-order valence-electron chi connectivity index (χ2n) is 5.05. The van der Waals surface area contributed by atoms with Gasteiger partial charge in [0.1, 0.15) is 0 Å². The SMILES string of the molecule is COC[C@@H](C)NC(=S)N/N=C\c1cc(OC)c(OC(C)=O)c(OC)c1. The van der Waals surface area contributed by atoms with Crippen LogP contribution >= 0.6 is 12.2 Å². The van der Waals surface area contributed by atoms with Gasteiger partial charge in [-0.3, -0.25) is 10.2 Å². The quantitative estimate of drug-likeness (QED) is 0.234. The summed E-state index contributed by atoms with van der Waals surface area (Å²) < 4.78 is 20.6. The first-order valence-corrected chi connectivity index (χ1v) is 7.85. The molecule has 0 spiro atoms. The van der Waals surface area contributed by atoms with Gasteiger partial charge in [0.2, 0.25) is 5.75 Å². The molecule has 1 aromatic carbocycles. The molecule has 0 fully saturated rings. The van der Waals surface area contributed by atoms with Crippen molar-refractivity contribution in [2.75, 3.05) is 27.9 Å². The fourth-order valence-electron chi connectivity index (χ4n) is 1.93. The highest BCUT2D eigenvalue weighted by Gasteiger charge is 2.15. The van der Waals surface area contributed by atoms with Gasteiger partial charge in [-0.05, 0) is 31.3 Å². The van der Waals surface area contributed by atoms with Crippen molar-refractivity contribution in [3.63, 3.8) is 0 Å². The van der Waals surface area contributed by atoms with Gasteiger partial charge in [-0.25, -0.2) is 0 Å². The average molecular weight is 369 g/mol. The Morgan fingerprint density at radius 3 is 2.36 bits per heavy atom. The first-order chi connectivity index (χ1) is 11.9. The minimum atomic E-state index is -0.471. The lowest BCUT2D eigenvalue weighted by Crippen LogP contribution is -2.40. The van der Waals surface area contributed by atoms with E-state index in [4.69, 9.17) is 31.2 Å². The number of thiocarbonyl (C=S) groups is 1. The van der Waals surface area contributed by atoms with Crippen LogP contribution in [0.1, 0.15) is 19.4 Å². The Kier molecular flexibility index (Phi) is 8.65. The molecule has 0 radical (unpaired) electrons. The lowest BCUT2D eigenvalue weighted by Gasteiger charge is -2.14. The Morgan fingerprint density at radius 2 is 1.88 bits per heavy atom. The van der Waals surface area contributed by atoms with E-state index in [0.717, 1.165) is 0 Å². The van der Waals surface area contributed by atoms with Gasteiger partial charge in [-0.15, -0.1) is 0 Å². The first-order valence-electron chi connectivity index (χ1n) is 7.44. The van der Waals surface area contributed by atoms with Gasteiger partial charge in [-0.1, -0.05) is 0 Å². The van der Waals surface area contributed by atoms with Crippen molar-refractivity contribution in [3.8, 4) is 17.2 Å². The van der Waals surface area contributed by atoms with E-state index in [9.17, 15) is 4.79 Å². The van der Waals surface area contributed by atoms with Crippen molar-refractivity contribution >= 4 is 29.5 Å². The van der Waals surface area contributed by atoms with Crippen molar-refractivity contribution in [1.29, 1.82) is 0 Å². The Hall–Kier alpha value is -2.39. The van der Waals surface area contributed by atoms with Gasteiger partial charge in [0, 0.05) is 25.6 Å². The third-order valence-electron chi connectivity index (χ3n) is 2.90. The molecule has 0 unspecified atom stereocenters. The molecule has 0 aliphatic rings. The van der Waals surface area contributed by atoms with Gasteiger partial charge < -0.3 is 24.3 Å². The summed E-state index contributed by atoms with van der Waals surface area (Å²) in [5, 5.41) is 7.45. The van der Waals surface area contributed by atoms with Crippen LogP contribution < -0.4 is 25.0 Å². The molecule has 0 heterocycles. The predicted octanol–water partition coefficient (Wildman–Crippen LogP) is 1.46. The van der Waals surface area contributed by atoms with Gasteiger partial charge in [-0.2, -0.15) is 5.10 Å². The molecular weight excluding hydrogens is 346 g/mol. The van der Waals surface area contributed by atoms with Crippen molar-refractivity contribution in [3.05, 3.63) is 17.7 Å². The van der Waals surface area contributed by atoms with Crippen LogP contribution in [-0.2, 0) is 9.53 Å². The van der Waals surface area contributed by atoms with E-state index in [2.05, 4.69) is 15.8 Å². The van der Waals surface area contributed by atoms with Gasteiger partial charge in [0.05, 0.1) is 27.0 Å². The topological polar surface area (TPSA) is 90.4 Å². The molecule has 2 N–H and O–H groups in total. The summed E-state index contributed by atoms with van der Waals surface area (Å²) in [6.07, 6.45) is 1.54. The van der Waals surface area contributed by atoms with Crippen LogP contribution in [0.2, 0.25) is 0 Å². The number of hydrazone groups is 1. The second kappa shape index (κ2) is 10.5. The van der Waals surface area contributed by atoms with Crippen molar-refractivity contribution in [2.45, 2.75) is 19.9 Å². The average Bonchev–Trinajstić information content (AvgIpc) is 2.55. The van der Waals surface area contributed by atoms with Crippen LogP contribution in [-0.4, -0.2) is 51.3 Å². The molecule has 1 rings (SSSR count). The minimum absolute atomic E-state index is 0.0587. The van der Waals surface area contributed by atoms with Crippen LogP contribution in [0.25, 0.3) is 0 Å². The molecule has 9 heteroatoms. The number of nitrogens with zero attached hydrogens (tertiary/aromatic N) is 1. The first kappa shape index (κ1) is 20.7. The molecule has 0 amide bonds. The smallest absolute Gasteiger partial charge is 0.308 e. The van der Waals surface area contributed by atoms with E-state index in [-0.39, 0.29) is 11.8 Å². The number of methoxy groups -OCH3 is 3.